The van der Waals surface area contributed by atoms with Gasteiger partial charge in [-0.15, -0.1) is 16.7 Å². The van der Waals surface area contributed by atoms with Gasteiger partial charge in [-0.1, -0.05) is 5.10 Å². The number of carbonyl (C=O) groups is 1. The van der Waals surface area contributed by atoms with Crippen molar-refractivity contribution in [2.45, 2.75) is 0 Å². The Morgan fingerprint density at radius 1 is 1.37 bits per heavy atom. The minimum atomic E-state index is -0.510. The quantitative estimate of drug-likeness (QED) is 0.520. The van der Waals surface area contributed by atoms with Gasteiger partial charge in [-0.2, -0.15) is 0 Å². The zero-order valence-electron chi connectivity index (χ0n) is 9.37. The van der Waals surface area contributed by atoms with Crippen LogP contribution in [0.1, 0.15) is 0 Å². The molecule has 8 nitrogen and oxygen atoms in total. The number of nitro groups is 1. The molecule has 2 aromatic rings. The fourth-order valence-corrected chi connectivity index (χ4v) is 1.34. The summed E-state index contributed by atoms with van der Waals surface area (Å²) in [5.41, 5.74) is 0.461. The van der Waals surface area contributed by atoms with Crippen molar-refractivity contribution in [2.75, 3.05) is 11.2 Å². The molecule has 2 rings (SSSR count). The fourth-order valence-electron chi connectivity index (χ4n) is 1.27. The van der Waals surface area contributed by atoms with E-state index in [-0.39, 0.29) is 23.5 Å². The molecule has 1 aromatic carbocycles. The lowest BCUT2D eigenvalue weighted by molar-refractivity contribution is -0.384. The number of aromatic nitrogens is 2. The number of nitrogens with zero attached hydrogens (tertiary/aromatic N) is 3. The molecule has 0 aliphatic carbocycles. The number of benzene rings is 1. The number of hydrogen-bond donors (Lipinski definition) is 1. The molecule has 0 spiro atoms. The van der Waals surface area contributed by atoms with Gasteiger partial charge in [-0.25, -0.2) is 0 Å². The largest absolute Gasteiger partial charge is 0.403 e. The third-order valence-electron chi connectivity index (χ3n) is 2.12. The van der Waals surface area contributed by atoms with Crippen molar-refractivity contribution in [1.82, 2.24) is 10.2 Å². The molecule has 0 saturated carbocycles. The van der Waals surface area contributed by atoms with Gasteiger partial charge in [0.05, 0.1) is 4.92 Å². The molecule has 19 heavy (non-hydrogen) atoms. The van der Waals surface area contributed by atoms with Crippen LogP contribution >= 0.6 is 11.6 Å². The van der Waals surface area contributed by atoms with E-state index in [9.17, 15) is 14.9 Å². The molecular weight excluding hydrogens is 276 g/mol. The molecule has 1 amide bonds. The van der Waals surface area contributed by atoms with E-state index in [1.165, 1.54) is 24.3 Å². The van der Waals surface area contributed by atoms with Crippen molar-refractivity contribution >= 4 is 29.2 Å². The SMILES string of the molecule is O=C(CCl)Nc1nnc(-c2ccc([N+](=O)[O-])cc2)o1. The first-order valence-electron chi connectivity index (χ1n) is 5.04. The predicted octanol–water partition coefficient (Wildman–Crippen LogP) is 1.82. The number of non-ortho nitro benzene ring substituents is 1. The highest BCUT2D eigenvalue weighted by atomic mass is 35.5. The molecule has 9 heteroatoms. The average Bonchev–Trinajstić information content (AvgIpc) is 2.87. The first kappa shape index (κ1) is 13.0. The van der Waals surface area contributed by atoms with Crippen LogP contribution in [0.2, 0.25) is 0 Å². The normalized spacial score (nSPS) is 10.2. The maximum absolute atomic E-state index is 11.0. The van der Waals surface area contributed by atoms with Crippen molar-refractivity contribution in [2.24, 2.45) is 0 Å². The first-order chi connectivity index (χ1) is 9.10. The van der Waals surface area contributed by atoms with E-state index in [1.54, 1.807) is 0 Å². The minimum Gasteiger partial charge on any atom is -0.403 e. The second-order valence-corrected chi connectivity index (χ2v) is 3.67. The van der Waals surface area contributed by atoms with Gasteiger partial charge < -0.3 is 4.42 Å². The molecule has 1 aromatic heterocycles. The summed E-state index contributed by atoms with van der Waals surface area (Å²) in [4.78, 5) is 21.0. The molecule has 0 fully saturated rings. The van der Waals surface area contributed by atoms with Crippen molar-refractivity contribution in [3.8, 4) is 11.5 Å². The summed E-state index contributed by atoms with van der Waals surface area (Å²) in [5, 5.41) is 20.1. The van der Waals surface area contributed by atoms with E-state index in [4.69, 9.17) is 16.0 Å². The first-order valence-corrected chi connectivity index (χ1v) is 5.58. The Bertz CT molecular complexity index is 610. The minimum absolute atomic E-state index is 0.0427. The molecule has 0 saturated heterocycles. The van der Waals surface area contributed by atoms with E-state index >= 15 is 0 Å². The highest BCUT2D eigenvalue weighted by Gasteiger charge is 2.12. The summed E-state index contributed by atoms with van der Waals surface area (Å²) >= 11 is 5.31. The monoisotopic (exact) mass is 282 g/mol. The van der Waals surface area contributed by atoms with Crippen molar-refractivity contribution in [1.29, 1.82) is 0 Å². The molecule has 1 heterocycles. The third kappa shape index (κ3) is 3.05. The van der Waals surface area contributed by atoms with Crippen molar-refractivity contribution < 1.29 is 14.1 Å². The maximum Gasteiger partial charge on any atom is 0.322 e. The number of hydrogen-bond acceptors (Lipinski definition) is 6. The van der Waals surface area contributed by atoms with Crippen LogP contribution in [0.25, 0.3) is 11.5 Å². The van der Waals surface area contributed by atoms with Gasteiger partial charge in [-0.05, 0) is 12.1 Å². The average molecular weight is 283 g/mol. The van der Waals surface area contributed by atoms with E-state index in [2.05, 4.69) is 15.5 Å². The second-order valence-electron chi connectivity index (χ2n) is 3.40. The molecule has 0 radical (unpaired) electrons. The second kappa shape index (κ2) is 5.44. The highest BCUT2D eigenvalue weighted by Crippen LogP contribution is 2.22. The summed E-state index contributed by atoms with van der Waals surface area (Å²) in [6.45, 7) is 0. The van der Waals surface area contributed by atoms with E-state index in [0.717, 1.165) is 0 Å². The van der Waals surface area contributed by atoms with E-state index in [0.29, 0.717) is 5.56 Å². The van der Waals surface area contributed by atoms with Crippen LogP contribution in [0.4, 0.5) is 11.7 Å². The van der Waals surface area contributed by atoms with Gasteiger partial charge in [-0.3, -0.25) is 20.2 Å². The molecule has 0 unspecified atom stereocenters. The Morgan fingerprint density at radius 3 is 2.63 bits per heavy atom. The van der Waals surface area contributed by atoms with Crippen molar-refractivity contribution in [3.63, 3.8) is 0 Å². The summed E-state index contributed by atoms with van der Waals surface area (Å²) in [6, 6.07) is 5.49. The van der Waals surface area contributed by atoms with E-state index < -0.39 is 10.8 Å². The number of rotatable bonds is 4. The molecule has 0 aliphatic heterocycles. The van der Waals surface area contributed by atoms with Crippen LogP contribution in [-0.4, -0.2) is 26.9 Å². The summed E-state index contributed by atoms with van der Waals surface area (Å²) in [6.07, 6.45) is 0. The summed E-state index contributed by atoms with van der Waals surface area (Å²) in [7, 11) is 0. The zero-order valence-corrected chi connectivity index (χ0v) is 10.1. The Kier molecular flexibility index (Phi) is 3.71. The number of amides is 1. The standard InChI is InChI=1S/C10H7ClN4O4/c11-5-8(16)12-10-14-13-9(19-10)6-1-3-7(4-2-6)15(17)18/h1-4H,5H2,(H,12,14,16). The van der Waals surface area contributed by atoms with Crippen LogP contribution in [0, 0.1) is 10.1 Å². The van der Waals surface area contributed by atoms with Gasteiger partial charge in [0.15, 0.2) is 0 Å². The lowest BCUT2D eigenvalue weighted by Crippen LogP contribution is -2.12. The summed E-state index contributed by atoms with van der Waals surface area (Å²) in [5.74, 6) is -0.560. The van der Waals surface area contributed by atoms with Crippen molar-refractivity contribution in [3.05, 3.63) is 34.4 Å². The number of nitro benzene ring substituents is 1. The molecule has 0 aliphatic rings. The van der Waals surface area contributed by atoms with Crippen LogP contribution < -0.4 is 5.32 Å². The Hall–Kier alpha value is -2.48. The molecule has 0 atom stereocenters. The number of halogens is 1. The van der Waals surface area contributed by atoms with Gasteiger partial charge in [0.25, 0.3) is 5.69 Å². The fraction of sp³-hybridized carbons (Fsp3) is 0.100. The highest BCUT2D eigenvalue weighted by molar-refractivity contribution is 6.28. The van der Waals surface area contributed by atoms with Crippen LogP contribution in [0.5, 0.6) is 0 Å². The lowest BCUT2D eigenvalue weighted by Gasteiger charge is -1.95. The van der Waals surface area contributed by atoms with Crippen LogP contribution in [-0.2, 0) is 4.79 Å². The topological polar surface area (TPSA) is 111 Å². The van der Waals surface area contributed by atoms with Gasteiger partial charge >= 0.3 is 6.01 Å². The van der Waals surface area contributed by atoms with Gasteiger partial charge in [0.1, 0.15) is 5.88 Å². The molecule has 0 bridgehead atoms. The molecule has 1 N–H and O–H groups in total. The number of anilines is 1. The number of alkyl halides is 1. The van der Waals surface area contributed by atoms with Crippen LogP contribution in [0.15, 0.2) is 28.7 Å². The van der Waals surface area contributed by atoms with E-state index in [1.807, 2.05) is 0 Å². The number of carbonyl (C=O) groups excluding carboxylic acids is 1. The molecular formula is C10H7ClN4O4. The summed E-state index contributed by atoms with van der Waals surface area (Å²) < 4.78 is 5.16. The maximum atomic E-state index is 11.0. The Labute approximate surface area is 111 Å². The molecule has 98 valence electrons. The Balaban J connectivity index is 2.18. The third-order valence-corrected chi connectivity index (χ3v) is 2.36. The number of nitrogens with one attached hydrogen (secondary N) is 1. The lowest BCUT2D eigenvalue weighted by atomic mass is 10.2. The van der Waals surface area contributed by atoms with Gasteiger partial charge in [0, 0.05) is 17.7 Å². The smallest absolute Gasteiger partial charge is 0.322 e. The Morgan fingerprint density at radius 2 is 2.05 bits per heavy atom. The predicted molar refractivity (Wildman–Crippen MR) is 65.7 cm³/mol. The zero-order chi connectivity index (χ0) is 13.8. The van der Waals surface area contributed by atoms with Gasteiger partial charge in [0.2, 0.25) is 11.8 Å². The van der Waals surface area contributed by atoms with Crippen LogP contribution in [0.3, 0.4) is 0 Å².